The quantitative estimate of drug-likeness (QED) is 0.891. The molecule has 1 aliphatic carbocycles. The van der Waals surface area contributed by atoms with Gasteiger partial charge < -0.3 is 15.3 Å². The van der Waals surface area contributed by atoms with Crippen LogP contribution in [0.25, 0.3) is 0 Å². The first-order valence-electron chi connectivity index (χ1n) is 8.78. The summed E-state index contributed by atoms with van der Waals surface area (Å²) in [4.78, 5) is 26.6. The summed E-state index contributed by atoms with van der Waals surface area (Å²) in [6.45, 7) is 6.07. The minimum atomic E-state index is -1.16. The number of hydrogen-bond donors (Lipinski definition) is 2. The zero-order valence-corrected chi connectivity index (χ0v) is 14.6. The molecule has 0 bridgehead atoms. The molecular formula is C19H26N2O3. The molecule has 1 aromatic rings. The van der Waals surface area contributed by atoms with E-state index in [0.717, 1.165) is 18.4 Å². The Bertz CT molecular complexity index is 627. The van der Waals surface area contributed by atoms with E-state index < -0.39 is 5.60 Å². The van der Waals surface area contributed by atoms with Gasteiger partial charge in [-0.25, -0.2) is 0 Å². The normalized spacial score (nSPS) is 26.1. The lowest BCUT2D eigenvalue weighted by Crippen LogP contribution is -2.38. The van der Waals surface area contributed by atoms with Crippen LogP contribution in [0.5, 0.6) is 0 Å². The lowest BCUT2D eigenvalue weighted by molar-refractivity contribution is -0.132. The van der Waals surface area contributed by atoms with Gasteiger partial charge in [0.05, 0.1) is 6.04 Å². The van der Waals surface area contributed by atoms with Gasteiger partial charge in [0.2, 0.25) is 0 Å². The van der Waals surface area contributed by atoms with Crippen molar-refractivity contribution in [3.8, 4) is 0 Å². The number of likely N-dealkylation sites (tertiary alicyclic amines) is 1. The third kappa shape index (κ3) is 3.18. The van der Waals surface area contributed by atoms with Crippen LogP contribution in [0.2, 0.25) is 0 Å². The Morgan fingerprint density at radius 3 is 2.21 bits per heavy atom. The molecule has 5 nitrogen and oxygen atoms in total. The van der Waals surface area contributed by atoms with Crippen LogP contribution < -0.4 is 5.32 Å². The van der Waals surface area contributed by atoms with E-state index in [0.29, 0.717) is 18.4 Å². The van der Waals surface area contributed by atoms with Gasteiger partial charge >= 0.3 is 0 Å². The largest absolute Gasteiger partial charge is 0.380 e. The number of benzene rings is 1. The van der Waals surface area contributed by atoms with E-state index in [1.165, 1.54) is 0 Å². The maximum atomic E-state index is 12.7. The molecule has 1 aliphatic heterocycles. The summed E-state index contributed by atoms with van der Waals surface area (Å²) >= 11 is 0. The Kier molecular flexibility index (Phi) is 4.38. The first kappa shape index (κ1) is 17.0. The second-order valence-corrected chi connectivity index (χ2v) is 7.34. The van der Waals surface area contributed by atoms with E-state index in [9.17, 15) is 14.7 Å². The molecule has 2 unspecified atom stereocenters. The number of amides is 2. The predicted molar refractivity (Wildman–Crippen MR) is 91.5 cm³/mol. The molecule has 2 aliphatic rings. The number of aliphatic hydroxyl groups is 1. The van der Waals surface area contributed by atoms with Gasteiger partial charge in [0.25, 0.3) is 11.8 Å². The minimum absolute atomic E-state index is 0.0723. The highest BCUT2D eigenvalue weighted by molar-refractivity contribution is 5.95. The summed E-state index contributed by atoms with van der Waals surface area (Å²) in [5.74, 6) is -0.238. The molecule has 3 rings (SSSR count). The summed E-state index contributed by atoms with van der Waals surface area (Å²) in [5.41, 5.74) is 0.442. The lowest BCUT2D eigenvalue weighted by atomic mass is 10.0. The van der Waals surface area contributed by atoms with E-state index in [4.69, 9.17) is 0 Å². The second-order valence-electron chi connectivity index (χ2n) is 7.34. The molecule has 0 aromatic heterocycles. The summed E-state index contributed by atoms with van der Waals surface area (Å²) in [7, 11) is 0. The Morgan fingerprint density at radius 1 is 1.17 bits per heavy atom. The average Bonchev–Trinajstić information content (AvgIpc) is 3.23. The first-order valence-corrected chi connectivity index (χ1v) is 8.78. The number of hydrogen-bond acceptors (Lipinski definition) is 3. The Labute approximate surface area is 143 Å². The van der Waals surface area contributed by atoms with Crippen molar-refractivity contribution in [3.63, 3.8) is 0 Å². The van der Waals surface area contributed by atoms with Crippen LogP contribution in [0.3, 0.4) is 0 Å². The van der Waals surface area contributed by atoms with Crippen LogP contribution in [-0.4, -0.2) is 39.5 Å². The van der Waals surface area contributed by atoms with Gasteiger partial charge in [0.15, 0.2) is 0 Å². The molecule has 1 saturated heterocycles. The zero-order chi connectivity index (χ0) is 17.5. The van der Waals surface area contributed by atoms with Crippen LogP contribution >= 0.6 is 0 Å². The SMILES string of the molecule is CC1CCC(C)N1C(=O)c1ccc([C@@H](C)NC(=O)C2(O)CC2)cc1. The van der Waals surface area contributed by atoms with Gasteiger partial charge in [-0.15, -0.1) is 0 Å². The summed E-state index contributed by atoms with van der Waals surface area (Å²) in [6, 6.07) is 7.76. The van der Waals surface area contributed by atoms with Gasteiger partial charge in [-0.1, -0.05) is 12.1 Å². The number of carbonyl (C=O) groups is 2. The minimum Gasteiger partial charge on any atom is -0.380 e. The molecule has 3 atom stereocenters. The van der Waals surface area contributed by atoms with Crippen molar-refractivity contribution in [1.29, 1.82) is 0 Å². The molecule has 0 spiro atoms. The maximum absolute atomic E-state index is 12.7. The average molecular weight is 330 g/mol. The van der Waals surface area contributed by atoms with E-state index in [1.54, 1.807) is 0 Å². The summed E-state index contributed by atoms with van der Waals surface area (Å²) in [5, 5.41) is 12.7. The maximum Gasteiger partial charge on any atom is 0.254 e. The van der Waals surface area contributed by atoms with Gasteiger partial charge in [0, 0.05) is 17.6 Å². The molecule has 2 fully saturated rings. The molecule has 2 N–H and O–H groups in total. The van der Waals surface area contributed by atoms with Gasteiger partial charge in [-0.3, -0.25) is 9.59 Å². The lowest BCUT2D eigenvalue weighted by Gasteiger charge is -2.26. The van der Waals surface area contributed by atoms with Crippen LogP contribution in [0.15, 0.2) is 24.3 Å². The summed E-state index contributed by atoms with van der Waals surface area (Å²) < 4.78 is 0. The Morgan fingerprint density at radius 2 is 1.71 bits per heavy atom. The van der Waals surface area contributed by atoms with Gasteiger partial charge in [0.1, 0.15) is 5.60 Å². The molecule has 1 aromatic carbocycles. The van der Waals surface area contributed by atoms with Crippen molar-refractivity contribution >= 4 is 11.8 Å². The van der Waals surface area contributed by atoms with Crippen molar-refractivity contribution in [3.05, 3.63) is 35.4 Å². The molecule has 24 heavy (non-hydrogen) atoms. The first-order chi connectivity index (χ1) is 11.3. The highest BCUT2D eigenvalue weighted by atomic mass is 16.3. The van der Waals surface area contributed by atoms with E-state index in [2.05, 4.69) is 19.2 Å². The van der Waals surface area contributed by atoms with Crippen LogP contribution in [0.1, 0.15) is 68.4 Å². The Hall–Kier alpha value is -1.88. The number of rotatable bonds is 4. The van der Waals surface area contributed by atoms with Crippen LogP contribution in [0.4, 0.5) is 0 Å². The highest BCUT2D eigenvalue weighted by Crippen LogP contribution is 2.35. The van der Waals surface area contributed by atoms with Crippen LogP contribution in [0, 0.1) is 0 Å². The van der Waals surface area contributed by atoms with Gasteiger partial charge in [-0.05, 0) is 64.2 Å². The van der Waals surface area contributed by atoms with Crippen molar-refractivity contribution < 1.29 is 14.7 Å². The fourth-order valence-corrected chi connectivity index (χ4v) is 3.42. The molecule has 5 heteroatoms. The molecule has 2 amide bonds. The fraction of sp³-hybridized carbons (Fsp3) is 0.579. The van der Waals surface area contributed by atoms with Crippen molar-refractivity contribution in [1.82, 2.24) is 10.2 Å². The smallest absolute Gasteiger partial charge is 0.254 e. The number of nitrogens with one attached hydrogen (secondary N) is 1. The topological polar surface area (TPSA) is 69.6 Å². The summed E-state index contributed by atoms with van der Waals surface area (Å²) in [6.07, 6.45) is 3.17. The molecule has 1 heterocycles. The monoisotopic (exact) mass is 330 g/mol. The number of carbonyl (C=O) groups excluding carboxylic acids is 2. The van der Waals surface area contributed by atoms with E-state index >= 15 is 0 Å². The standard InChI is InChI=1S/C19H26N2O3/c1-12-4-5-13(2)21(12)17(22)16-8-6-15(7-9-16)14(3)20-18(23)19(24)10-11-19/h6-9,12-14,24H,4-5,10-11H2,1-3H3,(H,20,23)/t12?,13?,14-/m1/s1. The van der Waals surface area contributed by atoms with E-state index in [1.807, 2.05) is 36.1 Å². The molecular weight excluding hydrogens is 304 g/mol. The molecule has 130 valence electrons. The Balaban J connectivity index is 1.66. The number of nitrogens with zero attached hydrogens (tertiary/aromatic N) is 1. The highest BCUT2D eigenvalue weighted by Gasteiger charge is 2.48. The zero-order valence-electron chi connectivity index (χ0n) is 14.6. The van der Waals surface area contributed by atoms with Crippen LogP contribution in [-0.2, 0) is 4.79 Å². The van der Waals surface area contributed by atoms with E-state index in [-0.39, 0.29) is 29.9 Å². The molecule has 0 radical (unpaired) electrons. The third-order valence-electron chi connectivity index (χ3n) is 5.34. The van der Waals surface area contributed by atoms with Crippen molar-refractivity contribution in [2.24, 2.45) is 0 Å². The third-order valence-corrected chi connectivity index (χ3v) is 5.34. The van der Waals surface area contributed by atoms with Crippen molar-refractivity contribution in [2.45, 2.75) is 70.2 Å². The van der Waals surface area contributed by atoms with Crippen molar-refractivity contribution in [2.75, 3.05) is 0 Å². The fourth-order valence-electron chi connectivity index (χ4n) is 3.42. The van der Waals surface area contributed by atoms with Gasteiger partial charge in [-0.2, -0.15) is 0 Å². The second kappa shape index (κ2) is 6.20. The predicted octanol–water partition coefficient (Wildman–Crippen LogP) is 2.40. The molecule has 1 saturated carbocycles.